The van der Waals surface area contributed by atoms with Gasteiger partial charge in [-0.2, -0.15) is 0 Å². The van der Waals surface area contributed by atoms with E-state index in [-0.39, 0.29) is 12.5 Å². The fourth-order valence-corrected chi connectivity index (χ4v) is 2.75. The molecule has 0 saturated carbocycles. The van der Waals surface area contributed by atoms with E-state index >= 15 is 0 Å². The lowest BCUT2D eigenvalue weighted by atomic mass is 10.0. The number of carbonyl (C=O) groups excluding carboxylic acids is 1. The number of aliphatic hydroxyl groups excluding tert-OH is 1. The molecule has 0 radical (unpaired) electrons. The van der Waals surface area contributed by atoms with Crippen molar-refractivity contribution in [1.29, 1.82) is 0 Å². The van der Waals surface area contributed by atoms with Crippen LogP contribution in [0.2, 0.25) is 0 Å². The maximum absolute atomic E-state index is 12.1. The summed E-state index contributed by atoms with van der Waals surface area (Å²) < 4.78 is 5.29. The Morgan fingerprint density at radius 1 is 1.53 bits per heavy atom. The number of nitrogens with one attached hydrogen (secondary N) is 1. The van der Waals surface area contributed by atoms with Gasteiger partial charge in [-0.25, -0.2) is 0 Å². The fourth-order valence-electron chi connectivity index (χ4n) is 1.99. The lowest BCUT2D eigenvalue weighted by Gasteiger charge is -2.22. The van der Waals surface area contributed by atoms with Gasteiger partial charge in [0.2, 0.25) is 0 Å². The van der Waals surface area contributed by atoms with E-state index < -0.39 is 0 Å². The Labute approximate surface area is 116 Å². The topological polar surface area (TPSA) is 58.6 Å². The van der Waals surface area contributed by atoms with Gasteiger partial charge in [-0.05, 0) is 30.2 Å². The highest BCUT2D eigenvalue weighted by Gasteiger charge is 2.17. The molecule has 2 N–H and O–H groups in total. The highest BCUT2D eigenvalue weighted by molar-refractivity contribution is 7.12. The lowest BCUT2D eigenvalue weighted by molar-refractivity contribution is 0.0643. The van der Waals surface area contributed by atoms with Gasteiger partial charge in [0.1, 0.15) is 11.5 Å². The Bertz CT molecular complexity index is 480. The van der Waals surface area contributed by atoms with Gasteiger partial charge in [-0.1, -0.05) is 11.8 Å². The first-order chi connectivity index (χ1) is 9.31. The maximum atomic E-state index is 12.1. The Balaban J connectivity index is 1.90. The molecule has 0 aromatic carbocycles. The highest BCUT2D eigenvalue weighted by atomic mass is 32.1. The third kappa shape index (κ3) is 4.06. The number of ether oxygens (including phenoxy) is 1. The first-order valence-corrected chi connectivity index (χ1v) is 7.22. The van der Waals surface area contributed by atoms with Crippen molar-refractivity contribution in [1.82, 2.24) is 5.32 Å². The van der Waals surface area contributed by atoms with Crippen LogP contribution < -0.4 is 5.32 Å². The van der Waals surface area contributed by atoms with E-state index in [0.29, 0.717) is 22.9 Å². The van der Waals surface area contributed by atoms with Crippen molar-refractivity contribution in [3.63, 3.8) is 0 Å². The third-order valence-corrected chi connectivity index (χ3v) is 3.98. The Morgan fingerprint density at radius 3 is 3.05 bits per heavy atom. The molecule has 0 unspecified atom stereocenters. The summed E-state index contributed by atoms with van der Waals surface area (Å²) in [5.74, 6) is 5.78. The number of aliphatic hydroxyl groups is 1. The molecule has 1 aliphatic rings. The molecule has 1 amide bonds. The zero-order chi connectivity index (χ0) is 13.5. The third-order valence-electron chi connectivity index (χ3n) is 3.07. The second kappa shape index (κ2) is 7.29. The van der Waals surface area contributed by atoms with Crippen LogP contribution in [-0.4, -0.2) is 37.4 Å². The van der Waals surface area contributed by atoms with E-state index in [1.807, 2.05) is 5.38 Å². The number of hydrogen-bond donors (Lipinski definition) is 2. The predicted molar refractivity (Wildman–Crippen MR) is 74.2 cm³/mol. The molecule has 19 heavy (non-hydrogen) atoms. The Morgan fingerprint density at radius 2 is 2.32 bits per heavy atom. The lowest BCUT2D eigenvalue weighted by Crippen LogP contribution is -2.32. The van der Waals surface area contributed by atoms with E-state index in [1.165, 1.54) is 11.3 Å². The highest BCUT2D eigenvalue weighted by Crippen LogP contribution is 2.17. The first-order valence-electron chi connectivity index (χ1n) is 6.34. The SMILES string of the molecule is O=C(NCC1CCOCC1)c1sccc1C#CCO. The Kier molecular flexibility index (Phi) is 5.40. The summed E-state index contributed by atoms with van der Waals surface area (Å²) >= 11 is 1.37. The minimum atomic E-state index is -0.195. The summed E-state index contributed by atoms with van der Waals surface area (Å²) in [6.45, 7) is 2.06. The van der Waals surface area contributed by atoms with Gasteiger partial charge < -0.3 is 15.2 Å². The predicted octanol–water partition coefficient (Wildman–Crippen LogP) is 1.25. The molecule has 2 rings (SSSR count). The molecule has 1 aromatic rings. The molecule has 0 bridgehead atoms. The van der Waals surface area contributed by atoms with Gasteiger partial charge in [0.05, 0.1) is 0 Å². The fraction of sp³-hybridized carbons (Fsp3) is 0.500. The normalized spacial score (nSPS) is 15.6. The molecular weight excluding hydrogens is 262 g/mol. The molecule has 5 heteroatoms. The van der Waals surface area contributed by atoms with Crippen LogP contribution >= 0.6 is 11.3 Å². The van der Waals surface area contributed by atoms with Crippen molar-refractivity contribution in [3.8, 4) is 11.8 Å². The average molecular weight is 279 g/mol. The molecule has 4 nitrogen and oxygen atoms in total. The number of rotatable bonds is 3. The molecule has 0 spiro atoms. The zero-order valence-corrected chi connectivity index (χ0v) is 11.5. The van der Waals surface area contributed by atoms with Crippen LogP contribution in [0.5, 0.6) is 0 Å². The quantitative estimate of drug-likeness (QED) is 0.819. The summed E-state index contributed by atoms with van der Waals surface area (Å²) in [6, 6.07) is 1.80. The van der Waals surface area contributed by atoms with E-state index in [0.717, 1.165) is 26.1 Å². The molecular formula is C14H17NO3S. The average Bonchev–Trinajstić information content (AvgIpc) is 2.92. The molecule has 1 fully saturated rings. The van der Waals surface area contributed by atoms with Crippen LogP contribution in [-0.2, 0) is 4.74 Å². The number of carbonyl (C=O) groups is 1. The van der Waals surface area contributed by atoms with Gasteiger partial charge in [-0.3, -0.25) is 4.79 Å². The van der Waals surface area contributed by atoms with Crippen LogP contribution in [0.25, 0.3) is 0 Å². The number of hydrogen-bond acceptors (Lipinski definition) is 4. The van der Waals surface area contributed by atoms with Crippen molar-refractivity contribution in [2.24, 2.45) is 5.92 Å². The largest absolute Gasteiger partial charge is 0.384 e. The summed E-state index contributed by atoms with van der Waals surface area (Å²) in [5.41, 5.74) is 0.684. The second-order valence-corrected chi connectivity index (χ2v) is 5.31. The monoisotopic (exact) mass is 279 g/mol. The smallest absolute Gasteiger partial charge is 0.262 e. The van der Waals surface area contributed by atoms with E-state index in [9.17, 15) is 4.79 Å². The van der Waals surface area contributed by atoms with Crippen LogP contribution in [0.1, 0.15) is 28.1 Å². The first kappa shape index (κ1) is 14.1. The molecule has 2 heterocycles. The van der Waals surface area contributed by atoms with E-state index in [1.54, 1.807) is 6.07 Å². The van der Waals surface area contributed by atoms with Crippen molar-refractivity contribution >= 4 is 17.2 Å². The van der Waals surface area contributed by atoms with Gasteiger partial charge in [0, 0.05) is 25.3 Å². The van der Waals surface area contributed by atoms with Gasteiger partial charge in [0.25, 0.3) is 5.91 Å². The molecule has 102 valence electrons. The molecule has 0 aliphatic carbocycles. The van der Waals surface area contributed by atoms with Gasteiger partial charge in [-0.15, -0.1) is 11.3 Å². The molecule has 0 atom stereocenters. The van der Waals surface area contributed by atoms with Gasteiger partial charge in [0.15, 0.2) is 0 Å². The minimum absolute atomic E-state index is 0.0799. The summed E-state index contributed by atoms with van der Waals surface area (Å²) in [6.07, 6.45) is 2.00. The van der Waals surface area contributed by atoms with Crippen LogP contribution in [0, 0.1) is 17.8 Å². The van der Waals surface area contributed by atoms with Crippen LogP contribution in [0.4, 0.5) is 0 Å². The Hall–Kier alpha value is -1.35. The number of thiophene rings is 1. The minimum Gasteiger partial charge on any atom is -0.384 e. The van der Waals surface area contributed by atoms with Crippen molar-refractivity contribution in [2.75, 3.05) is 26.4 Å². The van der Waals surface area contributed by atoms with Crippen molar-refractivity contribution in [2.45, 2.75) is 12.8 Å². The van der Waals surface area contributed by atoms with E-state index in [4.69, 9.17) is 9.84 Å². The maximum Gasteiger partial charge on any atom is 0.262 e. The summed E-state index contributed by atoms with van der Waals surface area (Å²) in [4.78, 5) is 12.7. The summed E-state index contributed by atoms with van der Waals surface area (Å²) in [7, 11) is 0. The number of amides is 1. The van der Waals surface area contributed by atoms with Gasteiger partial charge >= 0.3 is 0 Å². The van der Waals surface area contributed by atoms with Crippen LogP contribution in [0.3, 0.4) is 0 Å². The second-order valence-electron chi connectivity index (χ2n) is 4.39. The van der Waals surface area contributed by atoms with Crippen LogP contribution in [0.15, 0.2) is 11.4 Å². The summed E-state index contributed by atoms with van der Waals surface area (Å²) in [5, 5.41) is 13.5. The standard InChI is InChI=1S/C14H17NO3S/c16-6-1-2-12-5-9-19-13(12)14(17)15-10-11-3-7-18-8-4-11/h5,9,11,16H,3-4,6-8,10H2,(H,15,17). The molecule has 1 aliphatic heterocycles. The van der Waals surface area contributed by atoms with Crippen molar-refractivity contribution < 1.29 is 14.6 Å². The zero-order valence-electron chi connectivity index (χ0n) is 10.6. The molecule has 1 aromatic heterocycles. The van der Waals surface area contributed by atoms with E-state index in [2.05, 4.69) is 17.2 Å². The van der Waals surface area contributed by atoms with Crippen molar-refractivity contribution in [3.05, 3.63) is 21.9 Å². The molecule has 1 saturated heterocycles.